The highest BCUT2D eigenvalue weighted by Gasteiger charge is 2.34. The molecule has 4 heteroatoms. The number of hydrogen-bond donors (Lipinski definition) is 1. The van der Waals surface area contributed by atoms with Gasteiger partial charge in [-0.3, -0.25) is 0 Å². The van der Waals surface area contributed by atoms with E-state index in [1.807, 2.05) is 17.5 Å². The van der Waals surface area contributed by atoms with Gasteiger partial charge in [0, 0.05) is 4.88 Å². The Bertz CT molecular complexity index is 430. The molecule has 1 aromatic heterocycles. The van der Waals surface area contributed by atoms with E-state index < -0.39 is 6.04 Å². The Kier molecular flexibility index (Phi) is 5.22. The number of hydrogen-bond acceptors (Lipinski definition) is 4. The summed E-state index contributed by atoms with van der Waals surface area (Å²) in [6, 6.07) is 3.16. The lowest BCUT2D eigenvalue weighted by Crippen LogP contribution is -2.38. The first-order valence-corrected chi connectivity index (χ1v) is 8.36. The molecule has 0 aliphatic heterocycles. The Morgan fingerprint density at radius 1 is 1.45 bits per heavy atom. The molecule has 2 N–H and O–H groups in total. The first-order chi connectivity index (χ1) is 9.49. The summed E-state index contributed by atoms with van der Waals surface area (Å²) in [6.45, 7) is 6.65. The van der Waals surface area contributed by atoms with Crippen LogP contribution in [0.15, 0.2) is 17.5 Å². The molecule has 1 aromatic rings. The van der Waals surface area contributed by atoms with E-state index in [0.29, 0.717) is 17.8 Å². The van der Waals surface area contributed by atoms with E-state index in [1.54, 1.807) is 0 Å². The van der Waals surface area contributed by atoms with Crippen LogP contribution in [0.1, 0.15) is 51.0 Å². The molecule has 20 heavy (non-hydrogen) atoms. The molecule has 4 unspecified atom stereocenters. The van der Waals surface area contributed by atoms with E-state index in [4.69, 9.17) is 10.5 Å². The summed E-state index contributed by atoms with van der Waals surface area (Å²) < 4.78 is 5.76. The number of thiophene rings is 1. The molecule has 112 valence electrons. The van der Waals surface area contributed by atoms with Crippen LogP contribution in [0.5, 0.6) is 0 Å². The summed E-state index contributed by atoms with van der Waals surface area (Å²) in [7, 11) is 0. The zero-order valence-electron chi connectivity index (χ0n) is 12.5. The molecule has 1 aliphatic carbocycles. The first kappa shape index (κ1) is 15.5. The topological polar surface area (TPSA) is 52.3 Å². The van der Waals surface area contributed by atoms with Gasteiger partial charge in [-0.1, -0.05) is 33.3 Å². The van der Waals surface area contributed by atoms with Gasteiger partial charge in [0.2, 0.25) is 0 Å². The average Bonchev–Trinajstić information content (AvgIpc) is 2.91. The standard InChI is InChI=1S/C16H25NO2S/c1-10(2)12-7-6-11(3)9-13(12)19-16(18)15(17)14-5-4-8-20-14/h4-5,8,10-13,15H,6-7,9,17H2,1-3H3. The highest BCUT2D eigenvalue weighted by Crippen LogP contribution is 2.36. The van der Waals surface area contributed by atoms with Crippen LogP contribution in [0.2, 0.25) is 0 Å². The van der Waals surface area contributed by atoms with Crippen LogP contribution in [0.4, 0.5) is 0 Å². The monoisotopic (exact) mass is 295 g/mol. The van der Waals surface area contributed by atoms with Crippen molar-refractivity contribution in [1.82, 2.24) is 0 Å². The molecule has 0 bridgehead atoms. The summed E-state index contributed by atoms with van der Waals surface area (Å²) >= 11 is 1.50. The number of rotatable bonds is 4. The minimum Gasteiger partial charge on any atom is -0.461 e. The predicted octanol–water partition coefficient (Wildman–Crippen LogP) is 3.75. The average molecular weight is 295 g/mol. The first-order valence-electron chi connectivity index (χ1n) is 7.48. The van der Waals surface area contributed by atoms with Crippen molar-refractivity contribution in [2.75, 3.05) is 0 Å². The fourth-order valence-electron chi connectivity index (χ4n) is 3.06. The van der Waals surface area contributed by atoms with Crippen LogP contribution in [0.3, 0.4) is 0 Å². The van der Waals surface area contributed by atoms with Gasteiger partial charge in [-0.15, -0.1) is 11.3 Å². The highest BCUT2D eigenvalue weighted by molar-refractivity contribution is 7.10. The molecule has 3 nitrogen and oxygen atoms in total. The second-order valence-electron chi connectivity index (χ2n) is 6.29. The summed E-state index contributed by atoms with van der Waals surface area (Å²) in [5.41, 5.74) is 5.99. The molecule has 2 rings (SSSR count). The van der Waals surface area contributed by atoms with Crippen molar-refractivity contribution in [2.45, 2.75) is 52.2 Å². The molecular formula is C16H25NO2S. The highest BCUT2D eigenvalue weighted by atomic mass is 32.1. The van der Waals surface area contributed by atoms with E-state index in [1.165, 1.54) is 17.8 Å². The number of carbonyl (C=O) groups is 1. The fraction of sp³-hybridized carbons (Fsp3) is 0.688. The lowest BCUT2D eigenvalue weighted by atomic mass is 9.75. The Labute approximate surface area is 125 Å². The second-order valence-corrected chi connectivity index (χ2v) is 7.27. The summed E-state index contributed by atoms with van der Waals surface area (Å²) in [4.78, 5) is 13.1. The number of nitrogens with two attached hydrogens (primary N) is 1. The van der Waals surface area contributed by atoms with Crippen molar-refractivity contribution >= 4 is 17.3 Å². The van der Waals surface area contributed by atoms with Crippen LogP contribution >= 0.6 is 11.3 Å². The van der Waals surface area contributed by atoms with E-state index in [0.717, 1.165) is 17.7 Å². The lowest BCUT2D eigenvalue weighted by Gasteiger charge is -2.37. The smallest absolute Gasteiger partial charge is 0.328 e. The molecule has 0 aromatic carbocycles. The molecular weight excluding hydrogens is 270 g/mol. The molecule has 0 saturated heterocycles. The molecule has 1 fully saturated rings. The molecule has 0 amide bonds. The largest absolute Gasteiger partial charge is 0.461 e. The molecule has 0 spiro atoms. The van der Waals surface area contributed by atoms with E-state index >= 15 is 0 Å². The normalized spacial score (nSPS) is 28.4. The third-order valence-electron chi connectivity index (χ3n) is 4.33. The van der Waals surface area contributed by atoms with Gasteiger partial charge in [0.25, 0.3) is 0 Å². The van der Waals surface area contributed by atoms with Gasteiger partial charge in [-0.2, -0.15) is 0 Å². The molecule has 1 heterocycles. The Morgan fingerprint density at radius 2 is 2.20 bits per heavy atom. The van der Waals surface area contributed by atoms with Crippen LogP contribution in [-0.2, 0) is 9.53 Å². The SMILES string of the molecule is CC1CCC(C(C)C)C(OC(=O)C(N)c2cccs2)C1. The van der Waals surface area contributed by atoms with Gasteiger partial charge >= 0.3 is 5.97 Å². The van der Waals surface area contributed by atoms with Crippen molar-refractivity contribution in [3.05, 3.63) is 22.4 Å². The van der Waals surface area contributed by atoms with E-state index in [2.05, 4.69) is 20.8 Å². The van der Waals surface area contributed by atoms with E-state index in [9.17, 15) is 4.79 Å². The number of esters is 1. The molecule has 4 atom stereocenters. The Balaban J connectivity index is 2.00. The van der Waals surface area contributed by atoms with Crippen LogP contribution < -0.4 is 5.73 Å². The summed E-state index contributed by atoms with van der Waals surface area (Å²) in [5, 5.41) is 1.93. The lowest BCUT2D eigenvalue weighted by molar-refractivity contribution is -0.157. The maximum absolute atomic E-state index is 12.2. The minimum absolute atomic E-state index is 0.0252. The maximum atomic E-state index is 12.2. The van der Waals surface area contributed by atoms with Gasteiger partial charge in [-0.05, 0) is 42.0 Å². The number of carbonyl (C=O) groups excluding carboxylic acids is 1. The van der Waals surface area contributed by atoms with Gasteiger partial charge in [0.1, 0.15) is 12.1 Å². The third kappa shape index (κ3) is 3.61. The van der Waals surface area contributed by atoms with Crippen LogP contribution in [0.25, 0.3) is 0 Å². The maximum Gasteiger partial charge on any atom is 0.328 e. The van der Waals surface area contributed by atoms with Crippen LogP contribution in [-0.4, -0.2) is 12.1 Å². The second kappa shape index (κ2) is 6.72. The van der Waals surface area contributed by atoms with Crippen molar-refractivity contribution in [3.63, 3.8) is 0 Å². The fourth-order valence-corrected chi connectivity index (χ4v) is 3.77. The van der Waals surface area contributed by atoms with Gasteiger partial charge in [-0.25, -0.2) is 4.79 Å². The van der Waals surface area contributed by atoms with Crippen molar-refractivity contribution in [2.24, 2.45) is 23.5 Å². The van der Waals surface area contributed by atoms with Crippen molar-refractivity contribution < 1.29 is 9.53 Å². The van der Waals surface area contributed by atoms with E-state index in [-0.39, 0.29) is 12.1 Å². The van der Waals surface area contributed by atoms with Crippen molar-refractivity contribution in [3.8, 4) is 0 Å². The zero-order valence-corrected chi connectivity index (χ0v) is 13.4. The summed E-state index contributed by atoms with van der Waals surface area (Å²) in [6.07, 6.45) is 3.36. The number of ether oxygens (including phenoxy) is 1. The minimum atomic E-state index is -0.639. The summed E-state index contributed by atoms with van der Waals surface area (Å²) in [5.74, 6) is 1.35. The predicted molar refractivity (Wildman–Crippen MR) is 82.5 cm³/mol. The quantitative estimate of drug-likeness (QED) is 0.861. The third-order valence-corrected chi connectivity index (χ3v) is 5.29. The van der Waals surface area contributed by atoms with Crippen LogP contribution in [0, 0.1) is 17.8 Å². The van der Waals surface area contributed by atoms with Crippen molar-refractivity contribution in [1.29, 1.82) is 0 Å². The van der Waals surface area contributed by atoms with Gasteiger partial charge < -0.3 is 10.5 Å². The van der Waals surface area contributed by atoms with Gasteiger partial charge in [0.15, 0.2) is 0 Å². The van der Waals surface area contributed by atoms with Gasteiger partial charge in [0.05, 0.1) is 0 Å². The molecule has 1 aliphatic rings. The Morgan fingerprint density at radius 3 is 2.80 bits per heavy atom. The molecule has 1 saturated carbocycles. The Hall–Kier alpha value is -0.870. The zero-order chi connectivity index (χ0) is 14.7. The molecule has 0 radical (unpaired) electrons.